The first-order valence-electron chi connectivity index (χ1n) is 8.97. The Morgan fingerprint density at radius 2 is 1.84 bits per heavy atom. The fraction of sp³-hybridized carbons (Fsp3) is 0.316. The van der Waals surface area contributed by atoms with Crippen LogP contribution in [0.4, 0.5) is 18.9 Å². The molecule has 6 nitrogen and oxygen atoms in total. The van der Waals surface area contributed by atoms with Gasteiger partial charge in [-0.3, -0.25) is 9.52 Å². The maximum atomic E-state index is 13.3. The van der Waals surface area contributed by atoms with E-state index in [0.717, 1.165) is 12.1 Å². The summed E-state index contributed by atoms with van der Waals surface area (Å²) in [5.41, 5.74) is -1.72. The molecule has 3 rings (SSSR count). The molecule has 0 radical (unpaired) electrons. The second-order valence-electron chi connectivity index (χ2n) is 6.56. The number of anilines is 1. The molecular formula is C19H18ClF3N2O4S2. The summed E-state index contributed by atoms with van der Waals surface area (Å²) in [7, 11) is -4.42. The Hall–Kier alpha value is -1.95. The van der Waals surface area contributed by atoms with Gasteiger partial charge in [0.05, 0.1) is 34.9 Å². The lowest BCUT2D eigenvalue weighted by Crippen LogP contribution is -2.41. The second kappa shape index (κ2) is 9.27. The molecule has 1 amide bonds. The quantitative estimate of drug-likeness (QED) is 0.625. The molecule has 1 aliphatic heterocycles. The van der Waals surface area contributed by atoms with E-state index in [4.69, 9.17) is 16.3 Å². The average molecular weight is 495 g/mol. The molecule has 2 aromatic carbocycles. The van der Waals surface area contributed by atoms with Crippen molar-refractivity contribution in [1.29, 1.82) is 0 Å². The molecule has 0 aliphatic carbocycles. The minimum absolute atomic E-state index is 0.157. The zero-order chi connectivity index (χ0) is 22.8. The van der Waals surface area contributed by atoms with Crippen molar-refractivity contribution in [2.45, 2.75) is 16.0 Å². The molecule has 1 heterocycles. The van der Waals surface area contributed by atoms with E-state index in [1.807, 2.05) is 4.72 Å². The lowest BCUT2D eigenvalue weighted by Gasteiger charge is -2.27. The summed E-state index contributed by atoms with van der Waals surface area (Å²) < 4.78 is 72.9. The molecule has 1 N–H and O–H groups in total. The van der Waals surface area contributed by atoms with Gasteiger partial charge in [-0.2, -0.15) is 13.2 Å². The van der Waals surface area contributed by atoms with Crippen molar-refractivity contribution < 1.29 is 31.1 Å². The van der Waals surface area contributed by atoms with E-state index in [-0.39, 0.29) is 21.4 Å². The average Bonchev–Trinajstić information content (AvgIpc) is 2.73. The maximum absolute atomic E-state index is 13.3. The zero-order valence-corrected chi connectivity index (χ0v) is 18.6. The predicted molar refractivity (Wildman–Crippen MR) is 112 cm³/mol. The van der Waals surface area contributed by atoms with Gasteiger partial charge in [-0.15, -0.1) is 11.8 Å². The highest BCUT2D eigenvalue weighted by Crippen LogP contribution is 2.37. The Morgan fingerprint density at radius 1 is 1.16 bits per heavy atom. The summed E-state index contributed by atoms with van der Waals surface area (Å²) in [4.78, 5) is 14.7. The first kappa shape index (κ1) is 23.7. The van der Waals surface area contributed by atoms with Gasteiger partial charge >= 0.3 is 6.18 Å². The molecule has 0 spiro atoms. The van der Waals surface area contributed by atoms with E-state index < -0.39 is 27.5 Å². The Morgan fingerprint density at radius 3 is 2.45 bits per heavy atom. The summed E-state index contributed by atoms with van der Waals surface area (Å²) in [6.07, 6.45) is -3.08. The summed E-state index contributed by atoms with van der Waals surface area (Å²) in [6.45, 7) is 1.47. The van der Waals surface area contributed by atoms with Crippen molar-refractivity contribution in [2.75, 3.05) is 37.3 Å². The third kappa shape index (κ3) is 5.46. The fourth-order valence-electron chi connectivity index (χ4n) is 3.00. The molecule has 1 saturated heterocycles. The van der Waals surface area contributed by atoms with E-state index >= 15 is 0 Å². The number of hydrogen-bond donors (Lipinski definition) is 1. The number of nitrogens with zero attached hydrogens (tertiary/aromatic N) is 1. The minimum atomic E-state index is -4.82. The number of sulfonamides is 1. The molecule has 0 bridgehead atoms. The number of morpholine rings is 1. The fourth-order valence-corrected chi connectivity index (χ4v) is 4.85. The predicted octanol–water partition coefficient (Wildman–Crippen LogP) is 4.35. The van der Waals surface area contributed by atoms with Crippen LogP contribution in [0.3, 0.4) is 0 Å². The first-order chi connectivity index (χ1) is 14.5. The van der Waals surface area contributed by atoms with E-state index in [9.17, 15) is 26.4 Å². The zero-order valence-electron chi connectivity index (χ0n) is 16.2. The topological polar surface area (TPSA) is 75.7 Å². The molecule has 0 unspecified atom stereocenters. The van der Waals surface area contributed by atoms with Crippen molar-refractivity contribution >= 4 is 45.0 Å². The summed E-state index contributed by atoms with van der Waals surface area (Å²) in [5, 5.41) is -0.182. The lowest BCUT2D eigenvalue weighted by atomic mass is 10.2. The van der Waals surface area contributed by atoms with Crippen LogP contribution in [0.25, 0.3) is 0 Å². The molecule has 2 aromatic rings. The SMILES string of the molecule is CSc1ccc(S(=O)(=O)Nc2ccc(Cl)cc2C(F)(F)F)cc1C(=O)N1CCOCC1. The third-order valence-electron chi connectivity index (χ3n) is 4.54. The lowest BCUT2D eigenvalue weighted by molar-refractivity contribution is -0.136. The van der Waals surface area contributed by atoms with Gasteiger partial charge in [0, 0.05) is 23.0 Å². The standard InChI is InChI=1S/C19H18ClF3N2O4S2/c1-30-17-5-3-13(11-14(17)18(26)25-6-8-29-9-7-25)31(27,28)24-16-4-2-12(20)10-15(16)19(21,22)23/h2-5,10-11,24H,6-9H2,1H3. The number of thioether (sulfide) groups is 1. The van der Waals surface area contributed by atoms with E-state index in [0.29, 0.717) is 37.3 Å². The minimum Gasteiger partial charge on any atom is -0.378 e. The normalized spacial score (nSPS) is 15.1. The van der Waals surface area contributed by atoms with Crippen LogP contribution in [0, 0.1) is 0 Å². The number of hydrogen-bond acceptors (Lipinski definition) is 5. The third-order valence-corrected chi connectivity index (χ3v) is 6.94. The van der Waals surface area contributed by atoms with Gasteiger partial charge in [-0.25, -0.2) is 8.42 Å². The van der Waals surface area contributed by atoms with Crippen LogP contribution < -0.4 is 4.72 Å². The van der Waals surface area contributed by atoms with Crippen molar-refractivity contribution in [1.82, 2.24) is 4.90 Å². The Kier molecular flexibility index (Phi) is 7.09. The number of carbonyl (C=O) groups excluding carboxylic acids is 1. The van der Waals surface area contributed by atoms with Gasteiger partial charge < -0.3 is 9.64 Å². The van der Waals surface area contributed by atoms with Crippen LogP contribution in [0.5, 0.6) is 0 Å². The molecule has 168 valence electrons. The highest BCUT2D eigenvalue weighted by Gasteiger charge is 2.35. The smallest absolute Gasteiger partial charge is 0.378 e. The van der Waals surface area contributed by atoms with Gasteiger partial charge in [-0.05, 0) is 42.7 Å². The second-order valence-corrected chi connectivity index (χ2v) is 9.53. The number of carbonyl (C=O) groups is 1. The Bertz CT molecular complexity index is 1090. The molecule has 31 heavy (non-hydrogen) atoms. The van der Waals surface area contributed by atoms with Crippen LogP contribution in [0.1, 0.15) is 15.9 Å². The van der Waals surface area contributed by atoms with Gasteiger partial charge in [0.15, 0.2) is 0 Å². The van der Waals surface area contributed by atoms with Gasteiger partial charge in [-0.1, -0.05) is 11.6 Å². The highest BCUT2D eigenvalue weighted by molar-refractivity contribution is 7.98. The number of amides is 1. The van der Waals surface area contributed by atoms with Crippen LogP contribution in [-0.2, 0) is 20.9 Å². The Labute approximate surface area is 186 Å². The molecule has 12 heteroatoms. The number of nitrogens with one attached hydrogen (secondary N) is 1. The molecule has 1 aliphatic rings. The number of benzene rings is 2. The molecule has 0 saturated carbocycles. The molecule has 0 atom stereocenters. The summed E-state index contributed by atoms with van der Waals surface area (Å²) in [6, 6.07) is 6.61. The van der Waals surface area contributed by atoms with Crippen molar-refractivity contribution in [3.8, 4) is 0 Å². The summed E-state index contributed by atoms with van der Waals surface area (Å²) >= 11 is 6.90. The van der Waals surface area contributed by atoms with Gasteiger partial charge in [0.25, 0.3) is 15.9 Å². The molecular weight excluding hydrogens is 477 g/mol. The maximum Gasteiger partial charge on any atom is 0.418 e. The van der Waals surface area contributed by atoms with Crippen LogP contribution in [-0.4, -0.2) is 51.8 Å². The van der Waals surface area contributed by atoms with E-state index in [2.05, 4.69) is 0 Å². The number of ether oxygens (including phenoxy) is 1. The largest absolute Gasteiger partial charge is 0.418 e. The van der Waals surface area contributed by atoms with Gasteiger partial charge in [0.2, 0.25) is 0 Å². The van der Waals surface area contributed by atoms with Crippen molar-refractivity contribution in [3.05, 3.63) is 52.5 Å². The van der Waals surface area contributed by atoms with Crippen molar-refractivity contribution in [2.24, 2.45) is 0 Å². The van der Waals surface area contributed by atoms with Crippen LogP contribution >= 0.6 is 23.4 Å². The summed E-state index contributed by atoms with van der Waals surface area (Å²) in [5.74, 6) is -0.368. The van der Waals surface area contributed by atoms with Crippen LogP contribution in [0.15, 0.2) is 46.2 Å². The Balaban J connectivity index is 1.98. The highest BCUT2D eigenvalue weighted by atomic mass is 35.5. The van der Waals surface area contributed by atoms with E-state index in [1.54, 1.807) is 11.2 Å². The van der Waals surface area contributed by atoms with Crippen molar-refractivity contribution in [3.63, 3.8) is 0 Å². The monoisotopic (exact) mass is 494 g/mol. The molecule has 0 aromatic heterocycles. The van der Waals surface area contributed by atoms with E-state index in [1.165, 1.54) is 30.0 Å². The van der Waals surface area contributed by atoms with Crippen LogP contribution in [0.2, 0.25) is 5.02 Å². The number of halogens is 4. The molecule has 1 fully saturated rings. The number of alkyl halides is 3. The van der Waals surface area contributed by atoms with Gasteiger partial charge in [0.1, 0.15) is 0 Å². The first-order valence-corrected chi connectivity index (χ1v) is 12.1. The number of rotatable bonds is 5.